The monoisotopic (exact) mass is 676 g/mol. The molecule has 242 valence electrons. The highest BCUT2D eigenvalue weighted by Crippen LogP contribution is 2.45. The molecule has 0 saturated carbocycles. The number of sulfonamides is 1. The summed E-state index contributed by atoms with van der Waals surface area (Å²) in [7, 11) is -4.58. The van der Waals surface area contributed by atoms with Crippen molar-refractivity contribution in [1.82, 2.24) is 0 Å². The molecule has 1 N–H and O–H groups in total. The summed E-state index contributed by atoms with van der Waals surface area (Å²) in [6, 6.07) is 11.6. The molecule has 2 heterocycles. The topological polar surface area (TPSA) is 87.2 Å². The Morgan fingerprint density at radius 1 is 0.956 bits per heavy atom. The zero-order chi connectivity index (χ0) is 32.7. The third-order valence-corrected chi connectivity index (χ3v) is 10.0. The zero-order valence-electron chi connectivity index (χ0n) is 23.4. The molecule has 0 aliphatic carbocycles. The number of rotatable bonds is 7. The number of ether oxygens (including phenoxy) is 1. The van der Waals surface area contributed by atoms with Gasteiger partial charge in [-0.05, 0) is 79.3 Å². The van der Waals surface area contributed by atoms with Gasteiger partial charge < -0.3 is 14.7 Å². The summed E-state index contributed by atoms with van der Waals surface area (Å²) < 4.78 is 116. The Morgan fingerprint density at radius 3 is 2.29 bits per heavy atom. The highest BCUT2D eigenvalue weighted by atomic mass is 35.5. The van der Waals surface area contributed by atoms with Gasteiger partial charge in [-0.3, -0.25) is 9.10 Å². The molecule has 3 aromatic rings. The molecule has 0 spiro atoms. The molecule has 15 heteroatoms. The van der Waals surface area contributed by atoms with Crippen LogP contribution in [0.1, 0.15) is 48.3 Å². The van der Waals surface area contributed by atoms with Gasteiger partial charge in [-0.2, -0.15) is 26.3 Å². The minimum Gasteiger partial charge on any atom is -0.486 e. The fourth-order valence-electron chi connectivity index (χ4n) is 5.75. The van der Waals surface area contributed by atoms with E-state index in [4.69, 9.17) is 21.4 Å². The van der Waals surface area contributed by atoms with Crippen molar-refractivity contribution in [3.63, 3.8) is 0 Å². The first-order valence-electron chi connectivity index (χ1n) is 13.9. The Morgan fingerprint density at radius 2 is 1.64 bits per heavy atom. The number of fused-ring (bicyclic) bond motifs is 1. The average molecular weight is 677 g/mol. The van der Waals surface area contributed by atoms with E-state index >= 15 is 0 Å². The first-order chi connectivity index (χ1) is 21.1. The second-order valence-electron chi connectivity index (χ2n) is 10.8. The summed E-state index contributed by atoms with van der Waals surface area (Å²) in [6.07, 6.45) is -10.00. The summed E-state index contributed by atoms with van der Waals surface area (Å²) in [5.41, 5.74) is -1.32. The van der Waals surface area contributed by atoms with Crippen LogP contribution >= 0.6 is 11.6 Å². The van der Waals surface area contributed by atoms with Gasteiger partial charge in [0.15, 0.2) is 0 Å². The number of hydrogen-bond donors (Lipinski definition) is 1. The molecule has 5 rings (SSSR count). The third-order valence-electron chi connectivity index (χ3n) is 7.93. The van der Waals surface area contributed by atoms with Crippen LogP contribution in [-0.2, 0) is 27.2 Å². The maximum absolute atomic E-state index is 13.8. The van der Waals surface area contributed by atoms with E-state index in [0.29, 0.717) is 37.7 Å². The lowest BCUT2D eigenvalue weighted by Gasteiger charge is -2.38. The smallest absolute Gasteiger partial charge is 0.416 e. The molecule has 45 heavy (non-hydrogen) atoms. The first kappa shape index (κ1) is 32.7. The average Bonchev–Trinajstić information content (AvgIpc) is 2.98. The van der Waals surface area contributed by atoms with Gasteiger partial charge >= 0.3 is 18.3 Å². The number of halogens is 7. The van der Waals surface area contributed by atoms with Gasteiger partial charge in [-0.15, -0.1) is 0 Å². The number of hydrogen-bond acceptors (Lipinski definition) is 5. The SMILES string of the molecule is O=C(O)CC[C@H]1CN(S(=O)(=O)c2cccc(C(F)(F)F)c2)c2cc(N3CCC(c4c(Cl)cccc4C(F)(F)F)CC3)ccc2O1. The van der Waals surface area contributed by atoms with Crippen LogP contribution < -0.4 is 13.9 Å². The van der Waals surface area contributed by atoms with Crippen LogP contribution in [-0.4, -0.2) is 45.2 Å². The highest BCUT2D eigenvalue weighted by Gasteiger charge is 2.39. The van der Waals surface area contributed by atoms with Crippen molar-refractivity contribution in [2.24, 2.45) is 0 Å². The van der Waals surface area contributed by atoms with Crippen molar-refractivity contribution in [2.45, 2.75) is 55.0 Å². The van der Waals surface area contributed by atoms with Gasteiger partial charge in [0, 0.05) is 30.2 Å². The molecule has 2 aliphatic heterocycles. The number of carboxylic acids is 1. The van der Waals surface area contributed by atoms with Gasteiger partial charge in [0.2, 0.25) is 0 Å². The summed E-state index contributed by atoms with van der Waals surface area (Å²) >= 11 is 6.21. The molecule has 0 amide bonds. The van der Waals surface area contributed by atoms with Gasteiger partial charge in [-0.1, -0.05) is 23.7 Å². The molecular formula is C30H27ClF6N2O5S. The molecule has 7 nitrogen and oxygen atoms in total. The lowest BCUT2D eigenvalue weighted by molar-refractivity contribution is -0.139. The van der Waals surface area contributed by atoms with E-state index in [1.54, 1.807) is 6.07 Å². The molecule has 0 radical (unpaired) electrons. The Hall–Kier alpha value is -3.65. The van der Waals surface area contributed by atoms with E-state index in [9.17, 15) is 39.6 Å². The summed E-state index contributed by atoms with van der Waals surface area (Å²) in [5, 5.41) is 9.16. The molecule has 1 saturated heterocycles. The number of aliphatic carboxylic acids is 1. The maximum atomic E-state index is 13.8. The third kappa shape index (κ3) is 6.96. The second-order valence-corrected chi connectivity index (χ2v) is 13.1. The van der Waals surface area contributed by atoms with Crippen molar-refractivity contribution in [1.29, 1.82) is 0 Å². The zero-order valence-corrected chi connectivity index (χ0v) is 25.0. The van der Waals surface area contributed by atoms with Gasteiger partial charge in [-0.25, -0.2) is 8.42 Å². The Balaban J connectivity index is 1.45. The Kier molecular flexibility index (Phi) is 8.93. The maximum Gasteiger partial charge on any atom is 0.416 e. The molecule has 0 aromatic heterocycles. The normalized spacial score (nSPS) is 18.0. The Bertz CT molecular complexity index is 1690. The standard InChI is InChI=1S/C30H27ClF6N2O5S/c31-24-6-2-5-23(30(35,36)37)28(24)18-11-13-38(14-12-18)20-7-9-26-25(16-20)39(17-21(44-26)8-10-27(40)41)45(42,43)22-4-1-3-19(15-22)29(32,33)34/h1-7,9,15-16,18,21H,8,10-14,17H2,(H,40,41)/t21-/m0/s1. The predicted molar refractivity (Wildman–Crippen MR) is 154 cm³/mol. The minimum atomic E-state index is -4.79. The van der Waals surface area contributed by atoms with Gasteiger partial charge in [0.25, 0.3) is 10.0 Å². The summed E-state index contributed by atoms with van der Waals surface area (Å²) in [4.78, 5) is 12.4. The molecule has 0 unspecified atom stereocenters. The number of nitrogens with zero attached hydrogens (tertiary/aromatic N) is 2. The summed E-state index contributed by atoms with van der Waals surface area (Å²) in [6.45, 7) is 0.278. The fourth-order valence-corrected chi connectivity index (χ4v) is 7.62. The van der Waals surface area contributed by atoms with Crippen molar-refractivity contribution >= 4 is 39.0 Å². The van der Waals surface area contributed by atoms with E-state index in [2.05, 4.69) is 0 Å². The van der Waals surface area contributed by atoms with Crippen LogP contribution in [0.15, 0.2) is 65.6 Å². The number of benzene rings is 3. The predicted octanol–water partition coefficient (Wildman–Crippen LogP) is 7.58. The molecule has 1 atom stereocenters. The first-order valence-corrected chi connectivity index (χ1v) is 15.7. The summed E-state index contributed by atoms with van der Waals surface area (Å²) in [5.74, 6) is -1.51. The molecule has 1 fully saturated rings. The van der Waals surface area contributed by atoms with Gasteiger partial charge in [0.1, 0.15) is 11.9 Å². The largest absolute Gasteiger partial charge is 0.486 e. The molecule has 3 aromatic carbocycles. The van der Waals surface area contributed by atoms with E-state index in [0.717, 1.165) is 28.6 Å². The van der Waals surface area contributed by atoms with Crippen molar-refractivity contribution in [3.05, 3.63) is 82.4 Å². The minimum absolute atomic E-state index is 0.0297. The fraction of sp³-hybridized carbons (Fsp3) is 0.367. The molecule has 2 aliphatic rings. The van der Waals surface area contributed by atoms with E-state index < -0.39 is 56.4 Å². The lowest BCUT2D eigenvalue weighted by Crippen LogP contribution is -2.44. The van der Waals surface area contributed by atoms with Crippen LogP contribution in [0.25, 0.3) is 0 Å². The van der Waals surface area contributed by atoms with Crippen LogP contribution in [0.5, 0.6) is 5.75 Å². The number of carboxylic acid groups (broad SMARTS) is 1. The van der Waals surface area contributed by atoms with E-state index in [1.165, 1.54) is 24.3 Å². The number of piperidine rings is 1. The van der Waals surface area contributed by atoms with Crippen LogP contribution in [0.3, 0.4) is 0 Å². The van der Waals surface area contributed by atoms with Crippen molar-refractivity contribution < 1.29 is 49.4 Å². The Labute approximate surface area is 260 Å². The van der Waals surface area contributed by atoms with Crippen LogP contribution in [0, 0.1) is 0 Å². The second kappa shape index (κ2) is 12.3. The highest BCUT2D eigenvalue weighted by molar-refractivity contribution is 7.92. The number of alkyl halides is 6. The van der Waals surface area contributed by atoms with Crippen LogP contribution in [0.4, 0.5) is 37.7 Å². The number of carbonyl (C=O) groups is 1. The van der Waals surface area contributed by atoms with Crippen LogP contribution in [0.2, 0.25) is 5.02 Å². The van der Waals surface area contributed by atoms with Crippen molar-refractivity contribution in [2.75, 3.05) is 28.8 Å². The quantitative estimate of drug-likeness (QED) is 0.260. The lowest BCUT2D eigenvalue weighted by atomic mass is 9.86. The molecular weight excluding hydrogens is 650 g/mol. The van der Waals surface area contributed by atoms with Crippen molar-refractivity contribution in [3.8, 4) is 5.75 Å². The van der Waals surface area contributed by atoms with E-state index in [-0.39, 0.29) is 41.4 Å². The van der Waals surface area contributed by atoms with Gasteiger partial charge in [0.05, 0.1) is 28.3 Å². The molecule has 0 bridgehead atoms. The van der Waals surface area contributed by atoms with E-state index in [1.807, 2.05) is 4.90 Å². The number of anilines is 2.